The Morgan fingerprint density at radius 2 is 0.371 bits per heavy atom. The van der Waals surface area contributed by atoms with E-state index >= 15 is 0 Å². The Balaban J connectivity index is 5.23. The first kappa shape index (κ1) is 88.2. The molecule has 0 saturated carbocycles. The van der Waals surface area contributed by atoms with Crippen LogP contribution in [0.1, 0.15) is 440 Å². The predicted octanol–water partition coefficient (Wildman–Crippen LogP) is 27.8. The fraction of sp³-hybridized carbons (Fsp3) is 0.951. The highest BCUT2D eigenvalue weighted by atomic mass is 16.8. The van der Waals surface area contributed by atoms with Gasteiger partial charge in [-0.2, -0.15) is 0 Å². The van der Waals surface area contributed by atoms with Crippen molar-refractivity contribution in [2.45, 2.75) is 465 Å². The largest absolute Gasteiger partial charge is 0.353 e. The highest BCUT2D eigenvalue weighted by molar-refractivity contribution is 4.90. The molecule has 7 heteroatoms. The van der Waals surface area contributed by atoms with E-state index in [1.807, 2.05) is 0 Å². The molecule has 2 atom stereocenters. The van der Waals surface area contributed by atoms with E-state index in [0.29, 0.717) is 0 Å². The zero-order valence-corrected chi connectivity index (χ0v) is 61.6. The first-order chi connectivity index (χ1) is 44.1. The monoisotopic (exact) mass is 1260 g/mol. The third-order valence-electron chi connectivity index (χ3n) is 18.2. The van der Waals surface area contributed by atoms with Gasteiger partial charge in [0, 0.05) is 26.4 Å². The van der Waals surface area contributed by atoms with Crippen molar-refractivity contribution >= 4 is 0 Å². The predicted molar refractivity (Wildman–Crippen MR) is 391 cm³/mol. The molecule has 0 fully saturated rings. The van der Waals surface area contributed by atoms with Crippen molar-refractivity contribution in [3.05, 3.63) is 24.3 Å². The van der Waals surface area contributed by atoms with Gasteiger partial charge in [0.25, 0.3) is 0 Å². The minimum Gasteiger partial charge on any atom is -0.353 e. The fourth-order valence-electron chi connectivity index (χ4n) is 12.1. The van der Waals surface area contributed by atoms with Gasteiger partial charge in [-0.1, -0.05) is 362 Å². The summed E-state index contributed by atoms with van der Waals surface area (Å²) in [7, 11) is 0. The maximum absolute atomic E-state index is 6.73. The van der Waals surface area contributed by atoms with Crippen LogP contribution in [0.2, 0.25) is 0 Å². The number of ether oxygens (including phenoxy) is 7. The Morgan fingerprint density at radius 3 is 0.596 bits per heavy atom. The van der Waals surface area contributed by atoms with Crippen LogP contribution in [0, 0.1) is 0 Å². The quantitative estimate of drug-likeness (QED) is 0.0341. The Morgan fingerprint density at radius 1 is 0.191 bits per heavy atom. The summed E-state index contributed by atoms with van der Waals surface area (Å²) in [5, 5.41) is 0. The normalized spacial score (nSPS) is 12.9. The summed E-state index contributed by atoms with van der Waals surface area (Å²) in [5.41, 5.74) is 0. The Kier molecular flexibility index (Phi) is 78.9. The lowest BCUT2D eigenvalue weighted by molar-refractivity contribution is -0.208. The van der Waals surface area contributed by atoms with Crippen LogP contribution in [0.3, 0.4) is 0 Å². The minimum atomic E-state index is -0.390. The molecule has 89 heavy (non-hydrogen) atoms. The van der Waals surface area contributed by atoms with Gasteiger partial charge in [0.15, 0.2) is 25.2 Å². The zero-order chi connectivity index (χ0) is 64.2. The number of unbranched alkanes of at least 4 members (excludes halogenated alkanes) is 52. The summed E-state index contributed by atoms with van der Waals surface area (Å²) >= 11 is 0. The van der Waals surface area contributed by atoms with E-state index < -0.39 is 0 Å². The number of rotatable bonds is 80. The standard InChI is InChI=1S/C82H162O7/c1-7-13-19-25-31-47-57-67-77-87-81(71-61-51-41-37-33-35-39-49-59-69-79(83-73-63-53-43-27-21-15-9-3)84-74-64-54-44-28-22-16-10-4)89-82(88-78-68-58-48-32-26-20-14-8-2)72-62-52-42-38-34-36-40-50-60-70-80(85-75-65-55-45-29-23-17-11-5)86-76-66-56-46-30-24-18-12-6/h61-62,71-72,79-82H,7-60,63-70,73-78H2,1-6H3. The molecule has 0 aliphatic rings. The average Bonchev–Trinajstić information content (AvgIpc) is 3.63. The van der Waals surface area contributed by atoms with Crippen LogP contribution >= 0.6 is 0 Å². The van der Waals surface area contributed by atoms with E-state index in [1.54, 1.807) is 0 Å². The SMILES string of the molecule is CCCCCCCCCCOC(C=CCCCCCCCCCC(OCCCCCCCCC)OCCCCCCCCC)OC(C=CCCCCCCCCCC(OCCCCCCCCC)OCCCCCCCCC)OCCCCCCCCCC. The van der Waals surface area contributed by atoms with Crippen molar-refractivity contribution in [3.63, 3.8) is 0 Å². The third-order valence-corrected chi connectivity index (χ3v) is 18.2. The summed E-state index contributed by atoms with van der Waals surface area (Å²) in [6, 6.07) is 0. The molecule has 0 amide bonds. The van der Waals surface area contributed by atoms with Crippen LogP contribution in [0.15, 0.2) is 24.3 Å². The lowest BCUT2D eigenvalue weighted by atomic mass is 10.1. The van der Waals surface area contributed by atoms with Gasteiger partial charge in [-0.25, -0.2) is 0 Å². The van der Waals surface area contributed by atoms with Crippen molar-refractivity contribution in [3.8, 4) is 0 Å². The highest BCUT2D eigenvalue weighted by Gasteiger charge is 2.15. The molecule has 0 spiro atoms. The topological polar surface area (TPSA) is 64.6 Å². The van der Waals surface area contributed by atoms with Crippen molar-refractivity contribution in [2.75, 3.05) is 39.6 Å². The summed E-state index contributed by atoms with van der Waals surface area (Å²) < 4.78 is 45.3. The Hall–Kier alpha value is -0.800. The zero-order valence-electron chi connectivity index (χ0n) is 61.6. The molecule has 532 valence electrons. The number of allylic oxidation sites excluding steroid dienone is 2. The molecule has 0 N–H and O–H groups in total. The fourth-order valence-corrected chi connectivity index (χ4v) is 12.1. The lowest BCUT2D eigenvalue weighted by Crippen LogP contribution is -2.25. The molecule has 0 aromatic carbocycles. The van der Waals surface area contributed by atoms with E-state index in [9.17, 15) is 0 Å². The average molecular weight is 1260 g/mol. The van der Waals surface area contributed by atoms with Gasteiger partial charge in [0.05, 0.1) is 13.2 Å². The van der Waals surface area contributed by atoms with E-state index in [2.05, 4.69) is 65.8 Å². The molecular formula is C82H162O7. The summed E-state index contributed by atoms with van der Waals surface area (Å²) in [6.07, 6.45) is 87.9. The van der Waals surface area contributed by atoms with Gasteiger partial charge < -0.3 is 33.2 Å². The minimum absolute atomic E-state index is 0.0206. The van der Waals surface area contributed by atoms with Crippen LogP contribution in [0.4, 0.5) is 0 Å². The van der Waals surface area contributed by atoms with E-state index in [-0.39, 0.29) is 25.2 Å². The van der Waals surface area contributed by atoms with Gasteiger partial charge >= 0.3 is 0 Å². The molecule has 0 aromatic heterocycles. The first-order valence-electron chi connectivity index (χ1n) is 40.8. The van der Waals surface area contributed by atoms with E-state index in [4.69, 9.17) is 33.2 Å². The van der Waals surface area contributed by atoms with Gasteiger partial charge in [-0.05, 0) is 102 Å². The maximum atomic E-state index is 6.73. The molecule has 0 saturated heterocycles. The third kappa shape index (κ3) is 72.9. The second kappa shape index (κ2) is 79.6. The maximum Gasteiger partial charge on any atom is 0.180 e. The van der Waals surface area contributed by atoms with Crippen LogP contribution in [0.5, 0.6) is 0 Å². The second-order valence-electron chi connectivity index (χ2n) is 27.4. The van der Waals surface area contributed by atoms with Gasteiger partial charge in [-0.3, -0.25) is 0 Å². The van der Waals surface area contributed by atoms with Crippen molar-refractivity contribution in [1.29, 1.82) is 0 Å². The van der Waals surface area contributed by atoms with Crippen molar-refractivity contribution < 1.29 is 33.2 Å². The number of hydrogen-bond acceptors (Lipinski definition) is 7. The van der Waals surface area contributed by atoms with Crippen LogP contribution in [0.25, 0.3) is 0 Å². The highest BCUT2D eigenvalue weighted by Crippen LogP contribution is 2.20. The van der Waals surface area contributed by atoms with Crippen LogP contribution < -0.4 is 0 Å². The smallest absolute Gasteiger partial charge is 0.180 e. The van der Waals surface area contributed by atoms with Crippen molar-refractivity contribution in [2.24, 2.45) is 0 Å². The molecule has 0 aliphatic heterocycles. The first-order valence-corrected chi connectivity index (χ1v) is 40.8. The molecule has 7 nitrogen and oxygen atoms in total. The van der Waals surface area contributed by atoms with E-state index in [1.165, 1.54) is 360 Å². The molecule has 0 aliphatic carbocycles. The van der Waals surface area contributed by atoms with Gasteiger partial charge in [0.2, 0.25) is 0 Å². The summed E-state index contributed by atoms with van der Waals surface area (Å²) in [6.45, 7) is 18.7. The molecule has 2 unspecified atom stereocenters. The Bertz CT molecular complexity index is 1170. The molecular weight excluding hydrogens is 1100 g/mol. The summed E-state index contributed by atoms with van der Waals surface area (Å²) in [5.74, 6) is 0. The van der Waals surface area contributed by atoms with E-state index in [0.717, 1.165) is 78.2 Å². The van der Waals surface area contributed by atoms with Gasteiger partial charge in [-0.15, -0.1) is 0 Å². The van der Waals surface area contributed by atoms with Gasteiger partial charge in [0.1, 0.15) is 0 Å². The summed E-state index contributed by atoms with van der Waals surface area (Å²) in [4.78, 5) is 0. The molecule has 0 bridgehead atoms. The molecule has 0 aromatic rings. The van der Waals surface area contributed by atoms with Crippen molar-refractivity contribution in [1.82, 2.24) is 0 Å². The van der Waals surface area contributed by atoms with Crippen LogP contribution in [-0.2, 0) is 33.2 Å². The number of hydrogen-bond donors (Lipinski definition) is 0. The molecule has 0 rings (SSSR count). The van der Waals surface area contributed by atoms with Crippen LogP contribution in [-0.4, -0.2) is 64.8 Å². The lowest BCUT2D eigenvalue weighted by Gasteiger charge is -2.22. The second-order valence-corrected chi connectivity index (χ2v) is 27.4. The Labute approximate surface area is 559 Å². The molecule has 0 heterocycles. The molecule has 0 radical (unpaired) electrons.